The van der Waals surface area contributed by atoms with Gasteiger partial charge in [0.2, 0.25) is 0 Å². The summed E-state index contributed by atoms with van der Waals surface area (Å²) in [6.07, 6.45) is -4.27. The standard InChI is InChI=1S/C12H10F4N2O/c1-7(19)11-9(13)3-2-4-10(11)18-6-8(5-17-18)12(14,15)16/h2-7,19H,1H3/t7-/m1/s1. The molecule has 2 rings (SSSR count). The molecule has 19 heavy (non-hydrogen) atoms. The van der Waals surface area contributed by atoms with E-state index in [9.17, 15) is 22.7 Å². The maximum atomic E-state index is 13.6. The van der Waals surface area contributed by atoms with Crippen molar-refractivity contribution in [3.63, 3.8) is 0 Å². The first-order valence-electron chi connectivity index (χ1n) is 5.39. The smallest absolute Gasteiger partial charge is 0.389 e. The first kappa shape index (κ1) is 13.5. The lowest BCUT2D eigenvalue weighted by atomic mass is 10.1. The number of benzene rings is 1. The van der Waals surface area contributed by atoms with E-state index in [1.165, 1.54) is 19.1 Å². The third-order valence-corrected chi connectivity index (χ3v) is 2.60. The van der Waals surface area contributed by atoms with Crippen LogP contribution in [0.3, 0.4) is 0 Å². The number of alkyl halides is 3. The van der Waals surface area contributed by atoms with Gasteiger partial charge in [-0.05, 0) is 19.1 Å². The zero-order valence-corrected chi connectivity index (χ0v) is 9.82. The molecule has 0 aliphatic rings. The highest BCUT2D eigenvalue weighted by atomic mass is 19.4. The molecule has 3 nitrogen and oxygen atoms in total. The summed E-state index contributed by atoms with van der Waals surface area (Å²) in [4.78, 5) is 0. The largest absolute Gasteiger partial charge is 0.419 e. The molecule has 1 aromatic carbocycles. The Bertz CT molecular complexity index is 590. The van der Waals surface area contributed by atoms with Gasteiger partial charge in [-0.3, -0.25) is 0 Å². The summed E-state index contributed by atoms with van der Waals surface area (Å²) in [5.74, 6) is -0.698. The normalized spacial score (nSPS) is 13.6. The van der Waals surface area contributed by atoms with Crippen molar-refractivity contribution in [2.75, 3.05) is 0 Å². The lowest BCUT2D eigenvalue weighted by Gasteiger charge is -2.12. The van der Waals surface area contributed by atoms with E-state index >= 15 is 0 Å². The minimum Gasteiger partial charge on any atom is -0.389 e. The lowest BCUT2D eigenvalue weighted by molar-refractivity contribution is -0.137. The Hall–Kier alpha value is -1.89. The predicted octanol–water partition coefficient (Wildman–Crippen LogP) is 3.08. The molecule has 0 spiro atoms. The van der Waals surface area contributed by atoms with Crippen LogP contribution in [0.1, 0.15) is 24.2 Å². The van der Waals surface area contributed by atoms with Crippen LogP contribution in [0, 0.1) is 5.82 Å². The molecule has 2 aromatic rings. The fourth-order valence-corrected chi connectivity index (χ4v) is 1.74. The summed E-state index contributed by atoms with van der Waals surface area (Å²) >= 11 is 0. The lowest BCUT2D eigenvalue weighted by Crippen LogP contribution is -2.06. The van der Waals surface area contributed by atoms with Crippen molar-refractivity contribution in [1.29, 1.82) is 0 Å². The molecule has 0 saturated carbocycles. The summed E-state index contributed by atoms with van der Waals surface area (Å²) < 4.78 is 51.9. The minimum absolute atomic E-state index is 0.0745. The van der Waals surface area contributed by atoms with E-state index in [0.717, 1.165) is 16.9 Å². The molecule has 0 aliphatic heterocycles. The zero-order valence-electron chi connectivity index (χ0n) is 9.82. The Morgan fingerprint density at radius 2 is 2.00 bits per heavy atom. The molecule has 1 aromatic heterocycles. The Morgan fingerprint density at radius 1 is 1.32 bits per heavy atom. The van der Waals surface area contributed by atoms with Crippen molar-refractivity contribution < 1.29 is 22.7 Å². The highest BCUT2D eigenvalue weighted by molar-refractivity contribution is 5.43. The Kier molecular flexibility index (Phi) is 3.32. The molecule has 7 heteroatoms. The van der Waals surface area contributed by atoms with Crippen LogP contribution in [0.25, 0.3) is 5.69 Å². The second kappa shape index (κ2) is 4.65. The van der Waals surface area contributed by atoms with Crippen LogP contribution in [0.4, 0.5) is 17.6 Å². The van der Waals surface area contributed by atoms with Crippen molar-refractivity contribution in [3.8, 4) is 5.69 Å². The average Bonchev–Trinajstić information content (AvgIpc) is 2.76. The fourth-order valence-electron chi connectivity index (χ4n) is 1.74. The number of nitrogens with zero attached hydrogens (tertiary/aromatic N) is 2. The fraction of sp³-hybridized carbons (Fsp3) is 0.250. The number of aliphatic hydroxyl groups is 1. The quantitative estimate of drug-likeness (QED) is 0.855. The molecule has 102 valence electrons. The third kappa shape index (κ3) is 2.60. The van der Waals surface area contributed by atoms with Gasteiger partial charge in [0.25, 0.3) is 0 Å². The molecule has 0 saturated heterocycles. The van der Waals surface area contributed by atoms with Crippen molar-refractivity contribution in [2.45, 2.75) is 19.2 Å². The monoisotopic (exact) mass is 274 g/mol. The van der Waals surface area contributed by atoms with Gasteiger partial charge in [-0.1, -0.05) is 6.07 Å². The van der Waals surface area contributed by atoms with E-state index in [1.807, 2.05) is 0 Å². The third-order valence-electron chi connectivity index (χ3n) is 2.60. The zero-order chi connectivity index (χ0) is 14.2. The van der Waals surface area contributed by atoms with Crippen LogP contribution in [-0.4, -0.2) is 14.9 Å². The van der Waals surface area contributed by atoms with Crippen LogP contribution in [0.5, 0.6) is 0 Å². The van der Waals surface area contributed by atoms with E-state index in [0.29, 0.717) is 6.20 Å². The van der Waals surface area contributed by atoms with Gasteiger partial charge in [-0.2, -0.15) is 18.3 Å². The Balaban J connectivity index is 2.54. The van der Waals surface area contributed by atoms with Gasteiger partial charge in [0.05, 0.1) is 23.6 Å². The molecule has 0 amide bonds. The molecule has 0 radical (unpaired) electrons. The molecule has 1 atom stereocenters. The van der Waals surface area contributed by atoms with E-state index in [1.54, 1.807) is 0 Å². The van der Waals surface area contributed by atoms with Crippen LogP contribution in [-0.2, 0) is 6.18 Å². The van der Waals surface area contributed by atoms with Crippen LogP contribution in [0.2, 0.25) is 0 Å². The highest BCUT2D eigenvalue weighted by Gasteiger charge is 2.32. The van der Waals surface area contributed by atoms with Gasteiger partial charge in [0, 0.05) is 11.8 Å². The van der Waals surface area contributed by atoms with Crippen molar-refractivity contribution in [3.05, 3.63) is 47.5 Å². The maximum absolute atomic E-state index is 13.6. The van der Waals surface area contributed by atoms with Crippen molar-refractivity contribution in [1.82, 2.24) is 9.78 Å². The summed E-state index contributed by atoms with van der Waals surface area (Å²) in [5.41, 5.74) is -0.960. The highest BCUT2D eigenvalue weighted by Crippen LogP contribution is 2.30. The van der Waals surface area contributed by atoms with E-state index in [2.05, 4.69) is 5.10 Å². The van der Waals surface area contributed by atoms with Crippen LogP contribution < -0.4 is 0 Å². The van der Waals surface area contributed by atoms with Crippen LogP contribution >= 0.6 is 0 Å². The summed E-state index contributed by atoms with van der Waals surface area (Å²) in [7, 11) is 0. The van der Waals surface area contributed by atoms with E-state index in [4.69, 9.17) is 0 Å². The number of rotatable bonds is 2. The molecular formula is C12H10F4N2O. The van der Waals surface area contributed by atoms with Gasteiger partial charge < -0.3 is 5.11 Å². The predicted molar refractivity (Wildman–Crippen MR) is 59.2 cm³/mol. The van der Waals surface area contributed by atoms with Gasteiger partial charge in [0.1, 0.15) is 5.82 Å². The molecular weight excluding hydrogens is 264 g/mol. The number of aromatic nitrogens is 2. The minimum atomic E-state index is -4.52. The van der Waals surface area contributed by atoms with Gasteiger partial charge in [-0.15, -0.1) is 0 Å². The topological polar surface area (TPSA) is 38.0 Å². The van der Waals surface area contributed by atoms with Gasteiger partial charge in [-0.25, -0.2) is 9.07 Å². The average molecular weight is 274 g/mol. The SMILES string of the molecule is C[C@@H](O)c1c(F)cccc1-n1cc(C(F)(F)F)cn1. The van der Waals surface area contributed by atoms with E-state index in [-0.39, 0.29) is 11.3 Å². The molecule has 0 unspecified atom stereocenters. The van der Waals surface area contributed by atoms with Gasteiger partial charge >= 0.3 is 6.18 Å². The van der Waals surface area contributed by atoms with E-state index < -0.39 is 23.7 Å². The Morgan fingerprint density at radius 3 is 2.53 bits per heavy atom. The van der Waals surface area contributed by atoms with Crippen molar-refractivity contribution >= 4 is 0 Å². The molecule has 0 fully saturated rings. The second-order valence-corrected chi connectivity index (χ2v) is 4.02. The molecule has 0 aliphatic carbocycles. The summed E-state index contributed by atoms with van der Waals surface area (Å²) in [5, 5.41) is 13.1. The second-order valence-electron chi connectivity index (χ2n) is 4.02. The molecule has 0 bridgehead atoms. The summed E-state index contributed by atoms with van der Waals surface area (Å²) in [6.45, 7) is 1.33. The van der Waals surface area contributed by atoms with Crippen LogP contribution in [0.15, 0.2) is 30.6 Å². The first-order chi connectivity index (χ1) is 8.80. The van der Waals surface area contributed by atoms with Crippen molar-refractivity contribution in [2.24, 2.45) is 0 Å². The molecule has 1 heterocycles. The molecule has 1 N–H and O–H groups in total. The number of hydrogen-bond donors (Lipinski definition) is 1. The number of hydrogen-bond acceptors (Lipinski definition) is 2. The Labute approximate surface area is 106 Å². The maximum Gasteiger partial charge on any atom is 0.419 e. The number of aliphatic hydroxyl groups excluding tert-OH is 1. The van der Waals surface area contributed by atoms with Gasteiger partial charge in [0.15, 0.2) is 0 Å². The number of halogens is 4. The summed E-state index contributed by atoms with van der Waals surface area (Å²) in [6, 6.07) is 3.85. The first-order valence-corrected chi connectivity index (χ1v) is 5.39.